The van der Waals surface area contributed by atoms with Crippen molar-refractivity contribution < 1.29 is 18.7 Å². The van der Waals surface area contributed by atoms with E-state index < -0.39 is 6.43 Å². The van der Waals surface area contributed by atoms with E-state index in [1.165, 1.54) is 12.3 Å². The fraction of sp³-hybridized carbons (Fsp3) is 0.550. The van der Waals surface area contributed by atoms with Gasteiger partial charge in [0.2, 0.25) is 0 Å². The Kier molecular flexibility index (Phi) is 5.35. The normalized spacial score (nSPS) is 20.7. The van der Waals surface area contributed by atoms with Crippen molar-refractivity contribution in [2.75, 3.05) is 25.5 Å². The summed E-state index contributed by atoms with van der Waals surface area (Å²) in [6.45, 7) is 2.55. The van der Waals surface area contributed by atoms with E-state index >= 15 is 0 Å². The maximum Gasteiger partial charge on any atom is 0.317 e. The molecule has 2 aromatic rings. The highest BCUT2D eigenvalue weighted by Gasteiger charge is 2.36. The minimum atomic E-state index is -2.59. The molecular formula is C20H26F2N6O2. The number of fused-ring (bicyclic) bond motifs is 1. The molecule has 0 unspecified atom stereocenters. The number of rotatable bonds is 4. The second-order valence-corrected chi connectivity index (χ2v) is 7.96. The first-order chi connectivity index (χ1) is 14.3. The van der Waals surface area contributed by atoms with Crippen LogP contribution in [-0.4, -0.2) is 57.5 Å². The predicted octanol–water partition coefficient (Wildman–Crippen LogP) is 2.69. The Labute approximate surface area is 173 Å². The van der Waals surface area contributed by atoms with Crippen LogP contribution in [0.5, 0.6) is 0 Å². The molecule has 2 N–H and O–H groups in total. The van der Waals surface area contributed by atoms with Gasteiger partial charge in [-0.25, -0.2) is 18.6 Å². The smallest absolute Gasteiger partial charge is 0.317 e. The van der Waals surface area contributed by atoms with Crippen molar-refractivity contribution in [3.63, 3.8) is 0 Å². The van der Waals surface area contributed by atoms with Crippen LogP contribution in [0.25, 0.3) is 0 Å². The number of pyridine rings is 1. The molecule has 1 aliphatic carbocycles. The fourth-order valence-corrected chi connectivity index (χ4v) is 4.14. The van der Waals surface area contributed by atoms with Crippen molar-refractivity contribution in [2.24, 2.45) is 0 Å². The van der Waals surface area contributed by atoms with Crippen LogP contribution in [0.3, 0.4) is 0 Å². The van der Waals surface area contributed by atoms with Gasteiger partial charge < -0.3 is 20.2 Å². The summed E-state index contributed by atoms with van der Waals surface area (Å²) < 4.78 is 28.7. The average molecular weight is 420 g/mol. The van der Waals surface area contributed by atoms with Gasteiger partial charge in [0, 0.05) is 50.1 Å². The van der Waals surface area contributed by atoms with E-state index in [0.29, 0.717) is 49.6 Å². The van der Waals surface area contributed by atoms with Crippen LogP contribution in [0.15, 0.2) is 12.3 Å². The third-order valence-electron chi connectivity index (χ3n) is 6.03. The molecule has 2 aromatic heterocycles. The van der Waals surface area contributed by atoms with Gasteiger partial charge >= 0.3 is 6.03 Å². The lowest BCUT2D eigenvalue weighted by Crippen LogP contribution is -2.42. The van der Waals surface area contributed by atoms with Crippen LogP contribution in [0, 0.1) is 6.92 Å². The number of hydrogen-bond donors (Lipinski definition) is 2. The molecule has 1 fully saturated rings. The summed E-state index contributed by atoms with van der Waals surface area (Å²) in [4.78, 5) is 19.9. The number of hydrogen-bond acceptors (Lipinski definition) is 5. The molecule has 30 heavy (non-hydrogen) atoms. The Bertz CT molecular complexity index is 957. The number of nitrogens with zero attached hydrogens (tertiary/aromatic N) is 5. The molecule has 0 aromatic carbocycles. The molecule has 1 aliphatic heterocycles. The van der Waals surface area contributed by atoms with Gasteiger partial charge in [-0.05, 0) is 31.4 Å². The fourth-order valence-electron chi connectivity index (χ4n) is 4.14. The monoisotopic (exact) mass is 420 g/mol. The minimum absolute atomic E-state index is 0.0609. The molecule has 0 bridgehead atoms. The number of anilines is 2. The van der Waals surface area contributed by atoms with Crippen LogP contribution < -0.4 is 10.2 Å². The number of carbonyl (C=O) groups excluding carboxylic acids is 1. The molecule has 0 saturated heterocycles. The standard InChI is InChI=1S/C20H26F2N6O2/c1-11-9-24-17(8-14(11)18(21)22)26(3)19-15-10-27(20(30)23-2)5-4-16(15)28(25-19)12-6-13(29)7-12/h8-9,12-13,18,29H,4-7,10H2,1-3H3,(H,23,30). The number of nitrogens with one attached hydrogen (secondary N) is 1. The van der Waals surface area contributed by atoms with Crippen molar-refractivity contribution in [3.05, 3.63) is 34.6 Å². The zero-order valence-electron chi connectivity index (χ0n) is 17.3. The zero-order valence-corrected chi connectivity index (χ0v) is 17.3. The maximum atomic E-state index is 13.4. The van der Waals surface area contributed by atoms with E-state index in [-0.39, 0.29) is 23.7 Å². The van der Waals surface area contributed by atoms with Crippen molar-refractivity contribution >= 4 is 17.7 Å². The van der Waals surface area contributed by atoms with E-state index in [0.717, 1.165) is 11.3 Å². The first-order valence-electron chi connectivity index (χ1n) is 10.0. The lowest BCUT2D eigenvalue weighted by molar-refractivity contribution is 0.0419. The summed E-state index contributed by atoms with van der Waals surface area (Å²) >= 11 is 0. The SMILES string of the molecule is CNC(=O)N1CCc2c(c(N(C)c3cc(C(F)F)c(C)cn3)nn2C2CC(O)C2)C1. The molecule has 0 radical (unpaired) electrons. The van der Waals surface area contributed by atoms with Gasteiger partial charge in [-0.1, -0.05) is 0 Å². The Hall–Kier alpha value is -2.75. The van der Waals surface area contributed by atoms with E-state index in [1.807, 2.05) is 4.68 Å². The molecule has 2 amide bonds. The van der Waals surface area contributed by atoms with E-state index in [4.69, 9.17) is 5.10 Å². The Balaban J connectivity index is 1.74. The quantitative estimate of drug-likeness (QED) is 0.794. The highest BCUT2D eigenvalue weighted by Crippen LogP contribution is 2.39. The lowest BCUT2D eigenvalue weighted by atomic mass is 9.89. The molecule has 0 spiro atoms. The van der Waals surface area contributed by atoms with E-state index in [1.54, 1.807) is 30.8 Å². The highest BCUT2D eigenvalue weighted by atomic mass is 19.3. The second kappa shape index (κ2) is 7.82. The van der Waals surface area contributed by atoms with Gasteiger partial charge in [0.25, 0.3) is 6.43 Å². The topological polar surface area (TPSA) is 86.5 Å². The molecule has 8 nitrogen and oxygen atoms in total. The molecule has 1 saturated carbocycles. The molecule has 4 rings (SSSR count). The first-order valence-corrected chi connectivity index (χ1v) is 10.0. The molecule has 162 valence electrons. The number of urea groups is 1. The number of carbonyl (C=O) groups is 1. The average Bonchev–Trinajstić information content (AvgIpc) is 3.08. The van der Waals surface area contributed by atoms with Crippen LogP contribution in [0.2, 0.25) is 0 Å². The third-order valence-corrected chi connectivity index (χ3v) is 6.03. The number of alkyl halides is 2. The Morgan fingerprint density at radius 1 is 1.40 bits per heavy atom. The van der Waals surface area contributed by atoms with Gasteiger partial charge in [-0.3, -0.25) is 4.68 Å². The van der Waals surface area contributed by atoms with Gasteiger partial charge in [-0.2, -0.15) is 5.10 Å². The van der Waals surface area contributed by atoms with E-state index in [2.05, 4.69) is 10.3 Å². The summed E-state index contributed by atoms with van der Waals surface area (Å²) in [7, 11) is 3.33. The summed E-state index contributed by atoms with van der Waals surface area (Å²) in [5.74, 6) is 0.964. The van der Waals surface area contributed by atoms with E-state index in [9.17, 15) is 18.7 Å². The number of amides is 2. The molecule has 10 heteroatoms. The van der Waals surface area contributed by atoms with Crippen molar-refractivity contribution in [1.82, 2.24) is 25.0 Å². The zero-order chi connectivity index (χ0) is 21.6. The third kappa shape index (κ3) is 3.49. The number of halogens is 2. The molecule has 3 heterocycles. The van der Waals surface area contributed by atoms with Crippen LogP contribution in [0.4, 0.5) is 25.2 Å². The Morgan fingerprint density at radius 2 is 2.13 bits per heavy atom. The summed E-state index contributed by atoms with van der Waals surface area (Å²) in [5.41, 5.74) is 2.28. The van der Waals surface area contributed by atoms with Crippen molar-refractivity contribution in [3.8, 4) is 0 Å². The largest absolute Gasteiger partial charge is 0.393 e. The van der Waals surface area contributed by atoms with Gasteiger partial charge in [0.05, 0.1) is 18.7 Å². The van der Waals surface area contributed by atoms with Gasteiger partial charge in [0.15, 0.2) is 5.82 Å². The summed E-state index contributed by atoms with van der Waals surface area (Å²) in [6, 6.07) is 1.32. The van der Waals surface area contributed by atoms with Gasteiger partial charge in [0.1, 0.15) is 5.82 Å². The molecule has 0 atom stereocenters. The molecular weight excluding hydrogens is 394 g/mol. The maximum absolute atomic E-state index is 13.4. The lowest BCUT2D eigenvalue weighted by Gasteiger charge is -2.34. The number of aryl methyl sites for hydroxylation is 1. The van der Waals surface area contributed by atoms with Crippen LogP contribution in [0.1, 0.15) is 47.7 Å². The second-order valence-electron chi connectivity index (χ2n) is 7.96. The van der Waals surface area contributed by atoms with Crippen LogP contribution >= 0.6 is 0 Å². The van der Waals surface area contributed by atoms with Crippen molar-refractivity contribution in [2.45, 2.75) is 51.3 Å². The highest BCUT2D eigenvalue weighted by molar-refractivity contribution is 5.75. The predicted molar refractivity (Wildman–Crippen MR) is 107 cm³/mol. The molecule has 2 aliphatic rings. The minimum Gasteiger partial charge on any atom is -0.393 e. The summed E-state index contributed by atoms with van der Waals surface area (Å²) in [6.07, 6.45) is 0.431. The van der Waals surface area contributed by atoms with Gasteiger partial charge in [-0.15, -0.1) is 0 Å². The van der Waals surface area contributed by atoms with Crippen molar-refractivity contribution in [1.29, 1.82) is 0 Å². The first kappa shape index (κ1) is 20.5. The number of aliphatic hydroxyl groups is 1. The van der Waals surface area contributed by atoms with Crippen LogP contribution in [-0.2, 0) is 13.0 Å². The summed E-state index contributed by atoms with van der Waals surface area (Å²) in [5, 5.41) is 17.2. The Morgan fingerprint density at radius 3 is 2.77 bits per heavy atom. The number of aliphatic hydroxyl groups excluding tert-OH is 1. The number of aromatic nitrogens is 3.